The van der Waals surface area contributed by atoms with Crippen molar-refractivity contribution >= 4 is 25.8 Å². The molecule has 0 radical (unpaired) electrons. The fraction of sp³-hybridized carbons (Fsp3) is 0.400. The smallest absolute Gasteiger partial charge is 0.175 e. The number of sulfone groups is 1. The molecule has 84 valence electrons. The molecule has 0 aliphatic carbocycles. The Morgan fingerprint density at radius 2 is 2.07 bits per heavy atom. The molecule has 1 rings (SSSR count). The van der Waals surface area contributed by atoms with E-state index in [0.29, 0.717) is 11.3 Å². The molecule has 0 saturated heterocycles. The van der Waals surface area contributed by atoms with Gasteiger partial charge in [-0.1, -0.05) is 22.0 Å². The Morgan fingerprint density at radius 3 is 2.53 bits per heavy atom. The molecule has 0 fully saturated rings. The van der Waals surface area contributed by atoms with Crippen molar-refractivity contribution in [3.05, 3.63) is 28.2 Å². The highest BCUT2D eigenvalue weighted by atomic mass is 79.9. The highest BCUT2D eigenvalue weighted by Gasteiger charge is 2.14. The Bertz CT molecular complexity index is 454. The third-order valence-electron chi connectivity index (χ3n) is 1.97. The molecule has 1 atom stereocenters. The second kappa shape index (κ2) is 4.63. The molecule has 0 amide bonds. The molecule has 1 aromatic rings. The summed E-state index contributed by atoms with van der Waals surface area (Å²) in [6, 6.07) is 5.19. The third-order valence-corrected chi connectivity index (χ3v) is 3.64. The topological polar surface area (TPSA) is 60.2 Å². The lowest BCUT2D eigenvalue weighted by Gasteiger charge is -2.10. The zero-order valence-corrected chi connectivity index (χ0v) is 11.1. The van der Waals surface area contributed by atoms with E-state index in [9.17, 15) is 8.42 Å². The van der Waals surface area contributed by atoms with Gasteiger partial charge in [0.15, 0.2) is 9.84 Å². The fourth-order valence-corrected chi connectivity index (χ4v) is 2.87. The minimum Gasteiger partial charge on any atom is -0.328 e. The van der Waals surface area contributed by atoms with E-state index in [1.807, 2.05) is 13.0 Å². The molecule has 0 aromatic heterocycles. The molecule has 0 aliphatic heterocycles. The van der Waals surface area contributed by atoms with Crippen molar-refractivity contribution < 1.29 is 8.42 Å². The lowest BCUT2D eigenvalue weighted by Crippen LogP contribution is -2.19. The second-order valence-electron chi connectivity index (χ2n) is 3.71. The Balaban J connectivity index is 3.27. The average molecular weight is 292 g/mol. The molecule has 15 heavy (non-hydrogen) atoms. The SMILES string of the molecule is CC(N)Cc1ccc(Br)cc1S(C)(=O)=O. The van der Waals surface area contributed by atoms with Crippen LogP contribution in [0.2, 0.25) is 0 Å². The van der Waals surface area contributed by atoms with Crippen LogP contribution in [0.25, 0.3) is 0 Å². The van der Waals surface area contributed by atoms with Gasteiger partial charge in [-0.3, -0.25) is 0 Å². The van der Waals surface area contributed by atoms with Crippen LogP contribution < -0.4 is 5.73 Å². The summed E-state index contributed by atoms with van der Waals surface area (Å²) in [5, 5.41) is 0. The molecule has 2 N–H and O–H groups in total. The van der Waals surface area contributed by atoms with Crippen LogP contribution in [0.5, 0.6) is 0 Å². The Hall–Kier alpha value is -0.390. The van der Waals surface area contributed by atoms with E-state index >= 15 is 0 Å². The maximum Gasteiger partial charge on any atom is 0.175 e. The van der Waals surface area contributed by atoms with Crippen LogP contribution >= 0.6 is 15.9 Å². The van der Waals surface area contributed by atoms with E-state index in [0.717, 1.165) is 10.0 Å². The first-order chi connectivity index (χ1) is 6.80. The zero-order valence-electron chi connectivity index (χ0n) is 8.70. The van der Waals surface area contributed by atoms with Gasteiger partial charge in [0.25, 0.3) is 0 Å². The van der Waals surface area contributed by atoms with E-state index in [4.69, 9.17) is 5.73 Å². The van der Waals surface area contributed by atoms with Crippen LogP contribution in [-0.4, -0.2) is 20.7 Å². The lowest BCUT2D eigenvalue weighted by atomic mass is 10.1. The second-order valence-corrected chi connectivity index (χ2v) is 6.61. The third kappa shape index (κ3) is 3.59. The summed E-state index contributed by atoms with van der Waals surface area (Å²) in [5.74, 6) is 0. The van der Waals surface area contributed by atoms with Crippen molar-refractivity contribution in [2.45, 2.75) is 24.3 Å². The minimum absolute atomic E-state index is 0.0494. The highest BCUT2D eigenvalue weighted by Crippen LogP contribution is 2.22. The van der Waals surface area contributed by atoms with Crippen molar-refractivity contribution in [3.8, 4) is 0 Å². The largest absolute Gasteiger partial charge is 0.328 e. The van der Waals surface area contributed by atoms with E-state index in [1.165, 1.54) is 6.26 Å². The fourth-order valence-electron chi connectivity index (χ4n) is 1.39. The molecule has 0 saturated carbocycles. The standard InChI is InChI=1S/C10H14BrNO2S/c1-7(12)5-8-3-4-9(11)6-10(8)15(2,13)14/h3-4,6-7H,5,12H2,1-2H3. The van der Waals surface area contributed by atoms with Gasteiger partial charge in [0.05, 0.1) is 4.90 Å². The van der Waals surface area contributed by atoms with Crippen LogP contribution in [0.4, 0.5) is 0 Å². The van der Waals surface area contributed by atoms with E-state index in [-0.39, 0.29) is 6.04 Å². The summed E-state index contributed by atoms with van der Waals surface area (Å²) in [6.07, 6.45) is 1.77. The minimum atomic E-state index is -3.19. The molecule has 1 aromatic carbocycles. The maximum absolute atomic E-state index is 11.5. The van der Waals surface area contributed by atoms with E-state index in [1.54, 1.807) is 12.1 Å². The van der Waals surface area contributed by atoms with Gasteiger partial charge in [-0.25, -0.2) is 8.42 Å². The van der Waals surface area contributed by atoms with Crippen LogP contribution in [0, 0.1) is 0 Å². The molecule has 0 aliphatic rings. The van der Waals surface area contributed by atoms with E-state index < -0.39 is 9.84 Å². The molecule has 0 spiro atoms. The maximum atomic E-state index is 11.5. The van der Waals surface area contributed by atoms with Crippen LogP contribution in [-0.2, 0) is 16.3 Å². The predicted molar refractivity (Wildman–Crippen MR) is 64.6 cm³/mol. The van der Waals surface area contributed by atoms with Gasteiger partial charge in [-0.05, 0) is 31.0 Å². The molecular formula is C10H14BrNO2S. The molecule has 0 heterocycles. The molecule has 1 unspecified atom stereocenters. The summed E-state index contributed by atoms with van der Waals surface area (Å²) in [6.45, 7) is 1.86. The van der Waals surface area contributed by atoms with Crippen LogP contribution in [0.15, 0.2) is 27.6 Å². The van der Waals surface area contributed by atoms with Gasteiger partial charge < -0.3 is 5.73 Å². The number of nitrogens with two attached hydrogens (primary N) is 1. The Kier molecular flexibility index (Phi) is 3.92. The highest BCUT2D eigenvalue weighted by molar-refractivity contribution is 9.10. The number of hydrogen-bond acceptors (Lipinski definition) is 3. The summed E-state index contributed by atoms with van der Waals surface area (Å²) in [7, 11) is -3.19. The predicted octanol–water partition coefficient (Wildman–Crippen LogP) is 1.74. The van der Waals surface area contributed by atoms with Crippen molar-refractivity contribution in [1.29, 1.82) is 0 Å². The summed E-state index contributed by atoms with van der Waals surface area (Å²) >= 11 is 3.26. The quantitative estimate of drug-likeness (QED) is 0.923. The first-order valence-electron chi connectivity index (χ1n) is 4.55. The molecule has 0 bridgehead atoms. The molecular weight excluding hydrogens is 278 g/mol. The van der Waals surface area contributed by atoms with Crippen LogP contribution in [0.3, 0.4) is 0 Å². The monoisotopic (exact) mass is 291 g/mol. The van der Waals surface area contributed by atoms with Gasteiger partial charge in [0.1, 0.15) is 0 Å². The number of benzene rings is 1. The first kappa shape index (κ1) is 12.7. The molecule has 3 nitrogen and oxygen atoms in total. The van der Waals surface area contributed by atoms with E-state index in [2.05, 4.69) is 15.9 Å². The van der Waals surface area contributed by atoms with Crippen LogP contribution in [0.1, 0.15) is 12.5 Å². The van der Waals surface area contributed by atoms with Gasteiger partial charge in [0, 0.05) is 16.8 Å². The normalized spacial score (nSPS) is 13.9. The van der Waals surface area contributed by atoms with Gasteiger partial charge in [-0.15, -0.1) is 0 Å². The van der Waals surface area contributed by atoms with Crippen molar-refractivity contribution in [2.75, 3.05) is 6.26 Å². The summed E-state index contributed by atoms with van der Waals surface area (Å²) < 4.78 is 23.8. The van der Waals surface area contributed by atoms with Gasteiger partial charge >= 0.3 is 0 Å². The average Bonchev–Trinajstić information content (AvgIpc) is 2.05. The van der Waals surface area contributed by atoms with Gasteiger partial charge in [-0.2, -0.15) is 0 Å². The zero-order chi connectivity index (χ0) is 11.6. The Morgan fingerprint density at radius 1 is 1.47 bits per heavy atom. The first-order valence-corrected chi connectivity index (χ1v) is 7.23. The van der Waals surface area contributed by atoms with Crippen molar-refractivity contribution in [1.82, 2.24) is 0 Å². The van der Waals surface area contributed by atoms with Gasteiger partial charge in [0.2, 0.25) is 0 Å². The number of hydrogen-bond donors (Lipinski definition) is 1. The molecule has 5 heteroatoms. The Labute approximate surface area is 98.7 Å². The van der Waals surface area contributed by atoms with Crippen molar-refractivity contribution in [3.63, 3.8) is 0 Å². The number of halogens is 1. The summed E-state index contributed by atoms with van der Waals surface area (Å²) in [5.41, 5.74) is 6.44. The summed E-state index contributed by atoms with van der Waals surface area (Å²) in [4.78, 5) is 0.356. The lowest BCUT2D eigenvalue weighted by molar-refractivity contribution is 0.599. The number of rotatable bonds is 3. The van der Waals surface area contributed by atoms with Crippen molar-refractivity contribution in [2.24, 2.45) is 5.73 Å².